The van der Waals surface area contributed by atoms with E-state index in [1.54, 1.807) is 6.07 Å². The number of hydrogen-bond acceptors (Lipinski definition) is 3. The number of hydrogen-bond donors (Lipinski definition) is 2. The highest BCUT2D eigenvalue weighted by molar-refractivity contribution is 5.96. The first-order chi connectivity index (χ1) is 9.35. The fourth-order valence-corrected chi connectivity index (χ4v) is 2.26. The van der Waals surface area contributed by atoms with E-state index < -0.39 is 0 Å². The number of furan rings is 1. The van der Waals surface area contributed by atoms with Gasteiger partial charge in [0, 0.05) is 18.0 Å². The topological polar surface area (TPSA) is 68.3 Å². The zero-order valence-electron chi connectivity index (χ0n) is 12.3. The molecule has 4 heteroatoms. The van der Waals surface area contributed by atoms with Crippen molar-refractivity contribution in [1.29, 1.82) is 0 Å². The second-order valence-electron chi connectivity index (χ2n) is 6.38. The van der Waals surface area contributed by atoms with E-state index in [1.807, 2.05) is 24.3 Å². The molecular formula is C16H22N2O2. The number of para-hydroxylation sites is 1. The van der Waals surface area contributed by atoms with Gasteiger partial charge >= 0.3 is 0 Å². The lowest BCUT2D eigenvalue weighted by molar-refractivity contribution is 0.0923. The van der Waals surface area contributed by atoms with Crippen LogP contribution in [-0.2, 0) is 0 Å². The number of nitrogens with one attached hydrogen (secondary N) is 1. The Hall–Kier alpha value is -1.81. The molecule has 0 radical (unpaired) electrons. The van der Waals surface area contributed by atoms with Crippen LogP contribution in [0.15, 0.2) is 34.7 Å². The molecule has 1 aromatic carbocycles. The summed E-state index contributed by atoms with van der Waals surface area (Å²) >= 11 is 0. The molecule has 2 aromatic rings. The Labute approximate surface area is 119 Å². The molecule has 108 valence electrons. The van der Waals surface area contributed by atoms with Gasteiger partial charge in [-0.05, 0) is 24.0 Å². The second kappa shape index (κ2) is 5.67. The molecule has 0 saturated carbocycles. The predicted octanol–water partition coefficient (Wildman–Crippen LogP) is 2.93. The largest absolute Gasteiger partial charge is 0.451 e. The van der Waals surface area contributed by atoms with Crippen molar-refractivity contribution in [2.24, 2.45) is 11.1 Å². The van der Waals surface area contributed by atoms with Crippen molar-refractivity contribution < 1.29 is 9.21 Å². The highest BCUT2D eigenvalue weighted by Crippen LogP contribution is 2.20. The van der Waals surface area contributed by atoms with Crippen molar-refractivity contribution >= 4 is 16.9 Å². The number of carbonyl (C=O) groups excluding carboxylic acids is 1. The van der Waals surface area contributed by atoms with Crippen molar-refractivity contribution in [1.82, 2.24) is 5.32 Å². The summed E-state index contributed by atoms with van der Waals surface area (Å²) in [5, 5.41) is 3.75. The first-order valence-electron chi connectivity index (χ1n) is 6.87. The quantitative estimate of drug-likeness (QED) is 0.900. The van der Waals surface area contributed by atoms with E-state index in [4.69, 9.17) is 10.2 Å². The maximum Gasteiger partial charge on any atom is 0.287 e. The van der Waals surface area contributed by atoms with Gasteiger partial charge in [-0.2, -0.15) is 0 Å². The Kier molecular flexibility index (Phi) is 4.14. The summed E-state index contributed by atoms with van der Waals surface area (Å²) in [4.78, 5) is 12.0. The molecule has 0 aliphatic heterocycles. The smallest absolute Gasteiger partial charge is 0.287 e. The van der Waals surface area contributed by atoms with Gasteiger partial charge in [0.15, 0.2) is 5.76 Å². The molecule has 4 nitrogen and oxygen atoms in total. The Balaban J connectivity index is 1.95. The normalized spacial score (nSPS) is 13.4. The van der Waals surface area contributed by atoms with Crippen LogP contribution in [-0.4, -0.2) is 18.5 Å². The summed E-state index contributed by atoms with van der Waals surface area (Å²) in [7, 11) is 0. The molecule has 1 unspecified atom stereocenters. The van der Waals surface area contributed by atoms with Gasteiger partial charge in [-0.25, -0.2) is 0 Å². The molecule has 20 heavy (non-hydrogen) atoms. The molecule has 0 aliphatic rings. The molecule has 1 atom stereocenters. The lowest BCUT2D eigenvalue weighted by Crippen LogP contribution is -2.39. The van der Waals surface area contributed by atoms with Gasteiger partial charge in [0.05, 0.1) is 0 Å². The van der Waals surface area contributed by atoms with Crippen molar-refractivity contribution in [3.8, 4) is 0 Å². The summed E-state index contributed by atoms with van der Waals surface area (Å²) in [6.45, 7) is 6.85. The molecule has 1 heterocycles. The van der Waals surface area contributed by atoms with E-state index in [0.717, 1.165) is 17.4 Å². The third-order valence-electron chi connectivity index (χ3n) is 3.05. The molecule has 0 bridgehead atoms. The van der Waals surface area contributed by atoms with Crippen LogP contribution in [0, 0.1) is 5.41 Å². The minimum atomic E-state index is -0.217. The predicted molar refractivity (Wildman–Crippen MR) is 80.6 cm³/mol. The number of fused-ring (bicyclic) bond motifs is 1. The monoisotopic (exact) mass is 274 g/mol. The van der Waals surface area contributed by atoms with Crippen LogP contribution in [0.1, 0.15) is 37.7 Å². The zero-order chi connectivity index (χ0) is 14.8. The number of benzene rings is 1. The van der Waals surface area contributed by atoms with E-state index in [1.165, 1.54) is 0 Å². The van der Waals surface area contributed by atoms with Crippen LogP contribution in [0.3, 0.4) is 0 Å². The summed E-state index contributed by atoms with van der Waals surface area (Å²) in [6.07, 6.45) is 0.855. The van der Waals surface area contributed by atoms with E-state index in [-0.39, 0.29) is 17.4 Å². The second-order valence-corrected chi connectivity index (χ2v) is 6.38. The number of amides is 1. The van der Waals surface area contributed by atoms with E-state index >= 15 is 0 Å². The Morgan fingerprint density at radius 3 is 2.70 bits per heavy atom. The molecule has 0 spiro atoms. The fourth-order valence-electron chi connectivity index (χ4n) is 2.26. The van der Waals surface area contributed by atoms with Gasteiger partial charge in [-0.15, -0.1) is 0 Å². The lowest BCUT2D eigenvalue weighted by atomic mass is 9.88. The molecule has 1 amide bonds. The standard InChI is InChI=1S/C16H22N2O2/c1-16(2,3)9-12(17)10-18-15(19)14-8-11-6-4-5-7-13(11)20-14/h4-8,12H,9-10,17H2,1-3H3,(H,18,19). The van der Waals surface area contributed by atoms with Crippen molar-refractivity contribution in [3.05, 3.63) is 36.1 Å². The molecule has 2 rings (SSSR count). The molecule has 3 N–H and O–H groups in total. The van der Waals surface area contributed by atoms with Crippen molar-refractivity contribution in [2.45, 2.75) is 33.2 Å². The van der Waals surface area contributed by atoms with Crippen LogP contribution in [0.25, 0.3) is 11.0 Å². The maximum absolute atomic E-state index is 12.0. The van der Waals surface area contributed by atoms with Gasteiger partial charge in [-0.3, -0.25) is 4.79 Å². The third-order valence-corrected chi connectivity index (χ3v) is 3.05. The Bertz CT molecular complexity index is 563. The highest BCUT2D eigenvalue weighted by Gasteiger charge is 2.17. The first kappa shape index (κ1) is 14.6. The van der Waals surface area contributed by atoms with Crippen LogP contribution in [0.5, 0.6) is 0 Å². The minimum Gasteiger partial charge on any atom is -0.451 e. The molecule has 0 fully saturated rings. The number of nitrogens with two attached hydrogens (primary N) is 1. The van der Waals surface area contributed by atoms with E-state index in [0.29, 0.717) is 12.3 Å². The first-order valence-corrected chi connectivity index (χ1v) is 6.87. The van der Waals surface area contributed by atoms with E-state index in [2.05, 4.69) is 26.1 Å². The van der Waals surface area contributed by atoms with Gasteiger partial charge in [-0.1, -0.05) is 39.0 Å². The lowest BCUT2D eigenvalue weighted by Gasteiger charge is -2.23. The summed E-state index contributed by atoms with van der Waals surface area (Å²) in [5.74, 6) is 0.111. The summed E-state index contributed by atoms with van der Waals surface area (Å²) in [5.41, 5.74) is 6.89. The Morgan fingerprint density at radius 2 is 2.05 bits per heavy atom. The average molecular weight is 274 g/mol. The molecule has 0 aliphatic carbocycles. The SMILES string of the molecule is CC(C)(C)CC(N)CNC(=O)c1cc2ccccc2o1. The van der Waals surface area contributed by atoms with Gasteiger partial charge < -0.3 is 15.5 Å². The van der Waals surface area contributed by atoms with Crippen LogP contribution >= 0.6 is 0 Å². The molecular weight excluding hydrogens is 252 g/mol. The minimum absolute atomic E-state index is 0.0525. The number of rotatable bonds is 4. The van der Waals surface area contributed by atoms with E-state index in [9.17, 15) is 4.79 Å². The van der Waals surface area contributed by atoms with Crippen LogP contribution < -0.4 is 11.1 Å². The number of carbonyl (C=O) groups is 1. The summed E-state index contributed by atoms with van der Waals surface area (Å²) < 4.78 is 5.51. The zero-order valence-corrected chi connectivity index (χ0v) is 12.3. The average Bonchev–Trinajstić information content (AvgIpc) is 2.77. The van der Waals surface area contributed by atoms with Crippen LogP contribution in [0.4, 0.5) is 0 Å². The van der Waals surface area contributed by atoms with Crippen LogP contribution in [0.2, 0.25) is 0 Å². The maximum atomic E-state index is 12.0. The highest BCUT2D eigenvalue weighted by atomic mass is 16.3. The van der Waals surface area contributed by atoms with Crippen molar-refractivity contribution in [3.63, 3.8) is 0 Å². The molecule has 1 aromatic heterocycles. The Morgan fingerprint density at radius 1 is 1.35 bits per heavy atom. The van der Waals surface area contributed by atoms with Gasteiger partial charge in [0.2, 0.25) is 0 Å². The van der Waals surface area contributed by atoms with Gasteiger partial charge in [0.1, 0.15) is 5.58 Å². The summed E-state index contributed by atoms with van der Waals surface area (Å²) in [6, 6.07) is 9.26. The third kappa shape index (κ3) is 3.84. The van der Waals surface area contributed by atoms with Crippen molar-refractivity contribution in [2.75, 3.05) is 6.54 Å². The fraction of sp³-hybridized carbons (Fsp3) is 0.438. The van der Waals surface area contributed by atoms with Gasteiger partial charge in [0.25, 0.3) is 5.91 Å². The molecule has 0 saturated heterocycles.